The number of nitrogens with two attached hydrogens (primary N) is 1. The largest absolute Gasteiger partial charge is 0.325 e. The van der Waals surface area contributed by atoms with E-state index in [0.29, 0.717) is 11.4 Å². The van der Waals surface area contributed by atoms with Crippen LogP contribution in [0.25, 0.3) is 0 Å². The van der Waals surface area contributed by atoms with Crippen LogP contribution in [0.4, 0.5) is 5.69 Å². The molecule has 1 aromatic carbocycles. The second-order valence-corrected chi connectivity index (χ2v) is 4.78. The smallest absolute Gasteiger partial charge is 0.231 e. The Bertz CT molecular complexity index is 470. The van der Waals surface area contributed by atoms with Gasteiger partial charge in [0.05, 0.1) is 5.92 Å². The predicted molar refractivity (Wildman–Crippen MR) is 70.0 cm³/mol. The Morgan fingerprint density at radius 1 is 1.47 bits per heavy atom. The van der Waals surface area contributed by atoms with E-state index in [-0.39, 0.29) is 17.9 Å². The molecular weight excluding hydrogens is 236 g/mol. The fourth-order valence-electron chi connectivity index (χ4n) is 1.88. The molecule has 2 unspecified atom stereocenters. The van der Waals surface area contributed by atoms with Gasteiger partial charge in [0.2, 0.25) is 5.91 Å². The van der Waals surface area contributed by atoms with Gasteiger partial charge in [0.25, 0.3) is 0 Å². The van der Waals surface area contributed by atoms with E-state index >= 15 is 0 Å². The van der Waals surface area contributed by atoms with Gasteiger partial charge in [-0.15, -0.1) is 0 Å². The molecule has 90 valence electrons. The van der Waals surface area contributed by atoms with Gasteiger partial charge >= 0.3 is 0 Å². The van der Waals surface area contributed by atoms with E-state index in [1.54, 1.807) is 12.1 Å². The topological polar surface area (TPSA) is 55.1 Å². The molecule has 0 heterocycles. The zero-order chi connectivity index (χ0) is 12.4. The summed E-state index contributed by atoms with van der Waals surface area (Å²) in [5, 5.41) is 3.50. The number of hydrogen-bond acceptors (Lipinski definition) is 2. The maximum absolute atomic E-state index is 12.0. The fourth-order valence-corrected chi connectivity index (χ4v) is 2.05. The minimum Gasteiger partial charge on any atom is -0.325 e. The number of halogens is 1. The molecule has 0 aromatic heterocycles. The van der Waals surface area contributed by atoms with Crippen LogP contribution in [-0.4, -0.2) is 11.9 Å². The highest BCUT2D eigenvalue weighted by Gasteiger charge is 2.22. The number of carbonyl (C=O) groups is 1. The maximum atomic E-state index is 12.0. The number of carbonyl (C=O) groups excluding carboxylic acids is 1. The van der Waals surface area contributed by atoms with Gasteiger partial charge in [0.15, 0.2) is 0 Å². The summed E-state index contributed by atoms with van der Waals surface area (Å²) in [5.41, 5.74) is 7.48. The van der Waals surface area contributed by atoms with Crippen molar-refractivity contribution in [3.63, 3.8) is 0 Å². The first-order chi connectivity index (χ1) is 8.06. The first-order valence-electron chi connectivity index (χ1n) is 5.57. The minimum atomic E-state index is -0.136. The van der Waals surface area contributed by atoms with Gasteiger partial charge in [0, 0.05) is 16.8 Å². The van der Waals surface area contributed by atoms with Crippen molar-refractivity contribution in [2.75, 3.05) is 5.32 Å². The number of anilines is 1. The van der Waals surface area contributed by atoms with Crippen molar-refractivity contribution in [1.82, 2.24) is 0 Å². The SMILES string of the molecule is Cc1ccc(Cl)cc1NC(=O)C1C=CC(N)C1. The number of nitrogens with one attached hydrogen (secondary N) is 1. The van der Waals surface area contributed by atoms with Crippen molar-refractivity contribution in [3.05, 3.63) is 40.9 Å². The molecule has 0 saturated heterocycles. The van der Waals surface area contributed by atoms with E-state index in [9.17, 15) is 4.79 Å². The van der Waals surface area contributed by atoms with Gasteiger partial charge in [-0.25, -0.2) is 0 Å². The first-order valence-corrected chi connectivity index (χ1v) is 5.95. The predicted octanol–water partition coefficient (Wildman–Crippen LogP) is 2.49. The lowest BCUT2D eigenvalue weighted by Crippen LogP contribution is -2.24. The van der Waals surface area contributed by atoms with Crippen LogP contribution in [0.15, 0.2) is 30.4 Å². The summed E-state index contributed by atoms with van der Waals surface area (Å²) >= 11 is 5.90. The van der Waals surface area contributed by atoms with Crippen LogP contribution in [0, 0.1) is 12.8 Å². The van der Waals surface area contributed by atoms with Gasteiger partial charge < -0.3 is 11.1 Å². The van der Waals surface area contributed by atoms with Crippen molar-refractivity contribution in [2.45, 2.75) is 19.4 Å². The van der Waals surface area contributed by atoms with Crippen LogP contribution in [0.1, 0.15) is 12.0 Å². The lowest BCUT2D eigenvalue weighted by Gasteiger charge is -2.12. The van der Waals surface area contributed by atoms with Crippen molar-refractivity contribution in [3.8, 4) is 0 Å². The highest BCUT2D eigenvalue weighted by Crippen LogP contribution is 2.23. The molecule has 17 heavy (non-hydrogen) atoms. The molecule has 1 amide bonds. The van der Waals surface area contributed by atoms with Gasteiger partial charge in [-0.05, 0) is 31.0 Å². The monoisotopic (exact) mass is 250 g/mol. The summed E-state index contributed by atoms with van der Waals surface area (Å²) in [4.78, 5) is 12.0. The molecule has 2 atom stereocenters. The number of rotatable bonds is 2. The standard InChI is InChI=1S/C13H15ClN2O/c1-8-2-4-10(14)7-12(8)16-13(17)9-3-5-11(15)6-9/h2-5,7,9,11H,6,15H2,1H3,(H,16,17). The second kappa shape index (κ2) is 4.90. The summed E-state index contributed by atoms with van der Waals surface area (Å²) in [6.07, 6.45) is 4.40. The summed E-state index contributed by atoms with van der Waals surface area (Å²) in [7, 11) is 0. The van der Waals surface area contributed by atoms with E-state index in [1.165, 1.54) is 0 Å². The number of benzene rings is 1. The Labute approximate surface area is 106 Å². The second-order valence-electron chi connectivity index (χ2n) is 4.34. The Hall–Kier alpha value is -1.32. The Morgan fingerprint density at radius 2 is 2.24 bits per heavy atom. The Kier molecular flexibility index (Phi) is 3.50. The molecule has 0 bridgehead atoms. The molecule has 0 fully saturated rings. The normalized spacial score (nSPS) is 22.8. The molecule has 3 nitrogen and oxygen atoms in total. The van der Waals surface area contributed by atoms with E-state index < -0.39 is 0 Å². The minimum absolute atomic E-state index is 0.00814. The molecule has 4 heteroatoms. The lowest BCUT2D eigenvalue weighted by atomic mass is 10.1. The van der Waals surface area contributed by atoms with Crippen molar-refractivity contribution in [1.29, 1.82) is 0 Å². The van der Waals surface area contributed by atoms with Gasteiger partial charge in [-0.2, -0.15) is 0 Å². The first kappa shape index (κ1) is 12.1. The van der Waals surface area contributed by atoms with Crippen LogP contribution in [0.3, 0.4) is 0 Å². The average Bonchev–Trinajstić information content (AvgIpc) is 2.70. The third kappa shape index (κ3) is 2.87. The summed E-state index contributed by atoms with van der Waals surface area (Å²) in [5.74, 6) is -0.164. The van der Waals surface area contributed by atoms with Gasteiger partial charge in [-0.1, -0.05) is 29.8 Å². The summed E-state index contributed by atoms with van der Waals surface area (Å²) in [6.45, 7) is 1.93. The number of aryl methyl sites for hydroxylation is 1. The van der Waals surface area contributed by atoms with Gasteiger partial charge in [-0.3, -0.25) is 4.79 Å². The van der Waals surface area contributed by atoms with Crippen LogP contribution in [-0.2, 0) is 4.79 Å². The fraction of sp³-hybridized carbons (Fsp3) is 0.308. The van der Waals surface area contributed by atoms with Gasteiger partial charge in [0.1, 0.15) is 0 Å². The lowest BCUT2D eigenvalue weighted by molar-refractivity contribution is -0.118. The third-order valence-electron chi connectivity index (χ3n) is 2.91. The molecule has 1 aliphatic carbocycles. The number of amides is 1. The average molecular weight is 251 g/mol. The molecule has 2 rings (SSSR count). The Morgan fingerprint density at radius 3 is 2.88 bits per heavy atom. The zero-order valence-electron chi connectivity index (χ0n) is 9.61. The quantitative estimate of drug-likeness (QED) is 0.793. The van der Waals surface area contributed by atoms with Crippen molar-refractivity contribution < 1.29 is 4.79 Å². The summed E-state index contributed by atoms with van der Waals surface area (Å²) in [6, 6.07) is 5.44. The Balaban J connectivity index is 2.08. The van der Waals surface area contributed by atoms with Crippen molar-refractivity contribution in [2.24, 2.45) is 11.7 Å². The van der Waals surface area contributed by atoms with Crippen LogP contribution >= 0.6 is 11.6 Å². The molecule has 0 spiro atoms. The molecule has 3 N–H and O–H groups in total. The van der Waals surface area contributed by atoms with E-state index in [0.717, 1.165) is 11.3 Å². The third-order valence-corrected chi connectivity index (χ3v) is 3.15. The molecular formula is C13H15ClN2O. The van der Waals surface area contributed by atoms with E-state index in [2.05, 4.69) is 5.32 Å². The molecule has 0 radical (unpaired) electrons. The molecule has 1 aliphatic rings. The van der Waals surface area contributed by atoms with Crippen molar-refractivity contribution >= 4 is 23.2 Å². The summed E-state index contributed by atoms with van der Waals surface area (Å²) < 4.78 is 0. The highest BCUT2D eigenvalue weighted by molar-refractivity contribution is 6.31. The van der Waals surface area contributed by atoms with E-state index in [1.807, 2.05) is 25.1 Å². The van der Waals surface area contributed by atoms with Crippen LogP contribution in [0.2, 0.25) is 5.02 Å². The molecule has 1 aromatic rings. The zero-order valence-corrected chi connectivity index (χ0v) is 10.4. The van der Waals surface area contributed by atoms with Crippen LogP contribution in [0.5, 0.6) is 0 Å². The van der Waals surface area contributed by atoms with E-state index in [4.69, 9.17) is 17.3 Å². The number of hydrogen-bond donors (Lipinski definition) is 2. The molecule has 0 saturated carbocycles. The molecule has 0 aliphatic heterocycles. The van der Waals surface area contributed by atoms with Crippen LogP contribution < -0.4 is 11.1 Å². The maximum Gasteiger partial charge on any atom is 0.231 e. The highest BCUT2D eigenvalue weighted by atomic mass is 35.5.